The molecule has 1 rings (SSSR count). The Morgan fingerprint density at radius 3 is 2.62 bits per heavy atom. The number of rotatable bonds is 5. The minimum Gasteiger partial charge on any atom is -0.348 e. The molecule has 0 aromatic carbocycles. The van der Waals surface area contributed by atoms with Crippen LogP contribution in [0.3, 0.4) is 0 Å². The zero-order valence-electron chi connectivity index (χ0n) is 9.71. The summed E-state index contributed by atoms with van der Waals surface area (Å²) in [6, 6.07) is -0.415. The van der Waals surface area contributed by atoms with Crippen LogP contribution >= 0.6 is 11.8 Å². The van der Waals surface area contributed by atoms with E-state index in [1.807, 2.05) is 13.8 Å². The summed E-state index contributed by atoms with van der Waals surface area (Å²) in [7, 11) is 0. The lowest BCUT2D eigenvalue weighted by Gasteiger charge is -2.32. The van der Waals surface area contributed by atoms with Gasteiger partial charge in [-0.05, 0) is 12.8 Å². The molecule has 2 amide bonds. The average Bonchev–Trinajstić information content (AvgIpc) is 2.73. The minimum absolute atomic E-state index is 0.132. The van der Waals surface area contributed by atoms with Gasteiger partial charge in [0, 0.05) is 12.3 Å². The Morgan fingerprint density at radius 1 is 1.62 bits per heavy atom. The van der Waals surface area contributed by atoms with Crippen molar-refractivity contribution in [1.29, 1.82) is 0 Å². The van der Waals surface area contributed by atoms with Crippen molar-refractivity contribution in [3.63, 3.8) is 0 Å². The first-order valence-electron chi connectivity index (χ1n) is 5.52. The molecule has 5 nitrogen and oxygen atoms in total. The summed E-state index contributed by atoms with van der Waals surface area (Å²) in [5.74, 6) is 0.367. The fraction of sp³-hybridized carbons (Fsp3) is 0.800. The third-order valence-electron chi connectivity index (χ3n) is 3.12. The molecule has 16 heavy (non-hydrogen) atoms. The third kappa shape index (κ3) is 2.89. The highest BCUT2D eigenvalue weighted by Gasteiger charge is 2.33. The first-order valence-corrected chi connectivity index (χ1v) is 6.51. The van der Waals surface area contributed by atoms with Crippen LogP contribution in [0.15, 0.2) is 0 Å². The average molecular weight is 245 g/mol. The largest absolute Gasteiger partial charge is 0.348 e. The number of nitrogens with two attached hydrogens (primary N) is 1. The van der Waals surface area contributed by atoms with Crippen molar-refractivity contribution in [2.24, 2.45) is 5.73 Å². The summed E-state index contributed by atoms with van der Waals surface area (Å²) in [4.78, 5) is 22.9. The summed E-state index contributed by atoms with van der Waals surface area (Å²) in [5.41, 5.74) is 5.36. The van der Waals surface area contributed by atoms with E-state index >= 15 is 0 Å². The van der Waals surface area contributed by atoms with Gasteiger partial charge in [-0.25, -0.2) is 0 Å². The molecule has 1 aliphatic heterocycles. The molecular formula is C10H19N3O2S. The summed E-state index contributed by atoms with van der Waals surface area (Å²) < 4.78 is 0. The molecule has 0 spiro atoms. The number of hydrogen-bond donors (Lipinski definition) is 3. The van der Waals surface area contributed by atoms with E-state index in [0.717, 1.165) is 24.6 Å². The lowest BCUT2D eigenvalue weighted by Crippen LogP contribution is -2.57. The molecule has 0 aromatic heterocycles. The molecule has 0 bridgehead atoms. The quantitative estimate of drug-likeness (QED) is 0.656. The summed E-state index contributed by atoms with van der Waals surface area (Å²) >= 11 is 1.14. The molecule has 1 saturated heterocycles. The molecule has 0 aromatic rings. The van der Waals surface area contributed by atoms with Gasteiger partial charge >= 0.3 is 0 Å². The zero-order chi connectivity index (χ0) is 12.2. The van der Waals surface area contributed by atoms with Crippen molar-refractivity contribution < 1.29 is 9.59 Å². The van der Waals surface area contributed by atoms with E-state index in [1.54, 1.807) is 0 Å². The van der Waals surface area contributed by atoms with E-state index in [0.29, 0.717) is 12.3 Å². The van der Waals surface area contributed by atoms with Gasteiger partial charge in [-0.3, -0.25) is 9.59 Å². The van der Waals surface area contributed by atoms with Crippen molar-refractivity contribution in [2.75, 3.05) is 12.3 Å². The number of carbonyl (C=O) groups is 2. The standard InChI is InChI=1S/C10H19N3O2S/c1-3-10(4-2,6-11)13-8(14)7-5-16-9(15)12-7/h7H,3-6,11H2,1-2H3,(H,12,15)(H,13,14). The van der Waals surface area contributed by atoms with E-state index in [9.17, 15) is 9.59 Å². The molecule has 1 unspecified atom stereocenters. The van der Waals surface area contributed by atoms with E-state index in [4.69, 9.17) is 5.73 Å². The van der Waals surface area contributed by atoms with Crippen molar-refractivity contribution in [2.45, 2.75) is 38.3 Å². The van der Waals surface area contributed by atoms with Crippen LogP contribution in [-0.2, 0) is 4.79 Å². The number of thioether (sulfide) groups is 1. The zero-order valence-corrected chi connectivity index (χ0v) is 10.5. The maximum Gasteiger partial charge on any atom is 0.279 e. The molecule has 0 radical (unpaired) electrons. The molecule has 0 saturated carbocycles. The Bertz CT molecular complexity index is 271. The first kappa shape index (κ1) is 13.3. The Kier molecular flexibility index (Phi) is 4.61. The van der Waals surface area contributed by atoms with Crippen LogP contribution in [-0.4, -0.2) is 35.0 Å². The van der Waals surface area contributed by atoms with Crippen molar-refractivity contribution >= 4 is 22.9 Å². The van der Waals surface area contributed by atoms with Gasteiger partial charge in [-0.15, -0.1) is 0 Å². The first-order chi connectivity index (χ1) is 7.56. The van der Waals surface area contributed by atoms with Gasteiger partial charge in [-0.1, -0.05) is 25.6 Å². The van der Waals surface area contributed by atoms with Gasteiger partial charge < -0.3 is 16.4 Å². The number of hydrogen-bond acceptors (Lipinski definition) is 4. The summed E-state index contributed by atoms with van der Waals surface area (Å²) in [6.45, 7) is 4.41. The molecule has 6 heteroatoms. The van der Waals surface area contributed by atoms with Crippen LogP contribution in [0.5, 0.6) is 0 Å². The minimum atomic E-state index is -0.415. The second-order valence-corrected chi connectivity index (χ2v) is 4.97. The molecule has 1 aliphatic rings. The molecule has 1 fully saturated rings. The van der Waals surface area contributed by atoms with Gasteiger partial charge in [0.05, 0.1) is 5.54 Å². The van der Waals surface area contributed by atoms with Gasteiger partial charge in [0.1, 0.15) is 6.04 Å². The lowest BCUT2D eigenvalue weighted by atomic mass is 9.92. The topological polar surface area (TPSA) is 84.2 Å². The highest BCUT2D eigenvalue weighted by molar-refractivity contribution is 8.14. The highest BCUT2D eigenvalue weighted by atomic mass is 32.2. The van der Waals surface area contributed by atoms with Gasteiger partial charge in [0.2, 0.25) is 5.91 Å². The van der Waals surface area contributed by atoms with Crippen molar-refractivity contribution in [3.05, 3.63) is 0 Å². The Labute approximate surface area is 99.9 Å². The normalized spacial score (nSPS) is 20.7. The van der Waals surface area contributed by atoms with Crippen LogP contribution in [0, 0.1) is 0 Å². The molecule has 1 atom stereocenters. The predicted molar refractivity (Wildman–Crippen MR) is 65.3 cm³/mol. The Balaban J connectivity index is 2.58. The van der Waals surface area contributed by atoms with E-state index < -0.39 is 6.04 Å². The summed E-state index contributed by atoms with van der Waals surface area (Å²) in [6.07, 6.45) is 1.58. The number of nitrogens with one attached hydrogen (secondary N) is 2. The molecular weight excluding hydrogens is 226 g/mol. The second-order valence-electron chi connectivity index (χ2n) is 3.98. The fourth-order valence-electron chi connectivity index (χ4n) is 1.64. The monoisotopic (exact) mass is 245 g/mol. The maximum absolute atomic E-state index is 11.9. The van der Waals surface area contributed by atoms with Crippen LogP contribution in [0.2, 0.25) is 0 Å². The van der Waals surface area contributed by atoms with E-state index in [-0.39, 0.29) is 16.7 Å². The van der Waals surface area contributed by atoms with Gasteiger partial charge in [0.25, 0.3) is 5.24 Å². The highest BCUT2D eigenvalue weighted by Crippen LogP contribution is 2.17. The van der Waals surface area contributed by atoms with Crippen LogP contribution < -0.4 is 16.4 Å². The SMILES string of the molecule is CCC(CC)(CN)NC(=O)C1CSC(=O)N1. The lowest BCUT2D eigenvalue weighted by molar-refractivity contribution is -0.124. The number of amides is 2. The van der Waals surface area contributed by atoms with Gasteiger partial charge in [-0.2, -0.15) is 0 Å². The maximum atomic E-state index is 11.9. The molecule has 1 heterocycles. The predicted octanol–water partition coefficient (Wildman–Crippen LogP) is 0.445. The Hall–Kier alpha value is -0.750. The van der Waals surface area contributed by atoms with E-state index in [1.165, 1.54) is 0 Å². The summed E-state index contributed by atoms with van der Waals surface area (Å²) in [5, 5.41) is 5.44. The van der Waals surface area contributed by atoms with Crippen LogP contribution in [0.1, 0.15) is 26.7 Å². The van der Waals surface area contributed by atoms with Crippen molar-refractivity contribution in [3.8, 4) is 0 Å². The molecule has 92 valence electrons. The molecule has 0 aliphatic carbocycles. The molecule has 4 N–H and O–H groups in total. The third-order valence-corrected chi connectivity index (χ3v) is 4.00. The van der Waals surface area contributed by atoms with Crippen LogP contribution in [0.4, 0.5) is 4.79 Å². The fourth-order valence-corrected chi connectivity index (χ4v) is 2.42. The van der Waals surface area contributed by atoms with Crippen molar-refractivity contribution in [1.82, 2.24) is 10.6 Å². The van der Waals surface area contributed by atoms with Gasteiger partial charge in [0.15, 0.2) is 0 Å². The van der Waals surface area contributed by atoms with Crippen LogP contribution in [0.25, 0.3) is 0 Å². The number of carbonyl (C=O) groups excluding carboxylic acids is 2. The smallest absolute Gasteiger partial charge is 0.279 e. The Morgan fingerprint density at radius 2 is 2.25 bits per heavy atom. The van der Waals surface area contributed by atoms with E-state index in [2.05, 4.69) is 10.6 Å². The second kappa shape index (κ2) is 5.54.